The van der Waals surface area contributed by atoms with Crippen molar-refractivity contribution in [2.75, 3.05) is 28.4 Å². The number of carbonyl (C=O) groups excluding carboxylic acids is 1. The lowest BCUT2D eigenvalue weighted by molar-refractivity contribution is 0.0944. The minimum absolute atomic E-state index is 0.0274. The lowest BCUT2D eigenvalue weighted by Crippen LogP contribution is -2.27. The predicted molar refractivity (Wildman–Crippen MR) is 108 cm³/mol. The number of H-pyrrole nitrogens is 1. The number of ether oxygens (including phenoxy) is 4. The molecule has 0 spiro atoms. The van der Waals surface area contributed by atoms with Gasteiger partial charge >= 0.3 is 0 Å². The van der Waals surface area contributed by atoms with E-state index in [2.05, 4.69) is 10.3 Å². The van der Waals surface area contributed by atoms with Gasteiger partial charge in [0, 0.05) is 23.6 Å². The molecular weight excluding hydrogens is 376 g/mol. The van der Waals surface area contributed by atoms with Crippen LogP contribution in [0.1, 0.15) is 15.9 Å². The fraction of sp³-hybridized carbons (Fsp3) is 0.238. The molecule has 2 aromatic carbocycles. The molecule has 0 radical (unpaired) electrons. The fourth-order valence-electron chi connectivity index (χ4n) is 3.05. The van der Waals surface area contributed by atoms with Crippen molar-refractivity contribution in [2.45, 2.75) is 6.54 Å². The fourth-order valence-corrected chi connectivity index (χ4v) is 3.05. The van der Waals surface area contributed by atoms with Crippen LogP contribution in [0.25, 0.3) is 10.9 Å². The minimum Gasteiger partial charge on any atom is -0.496 e. The van der Waals surface area contributed by atoms with Gasteiger partial charge in [-0.3, -0.25) is 9.59 Å². The summed E-state index contributed by atoms with van der Waals surface area (Å²) >= 11 is 0. The molecule has 0 aliphatic carbocycles. The number of aromatic amines is 1. The first kappa shape index (κ1) is 20.1. The summed E-state index contributed by atoms with van der Waals surface area (Å²) in [5, 5.41) is 3.50. The van der Waals surface area contributed by atoms with Crippen molar-refractivity contribution in [1.82, 2.24) is 10.3 Å². The number of rotatable bonds is 7. The van der Waals surface area contributed by atoms with Crippen molar-refractivity contribution < 1.29 is 23.7 Å². The maximum Gasteiger partial charge on any atom is 0.259 e. The van der Waals surface area contributed by atoms with E-state index >= 15 is 0 Å². The molecule has 0 fully saturated rings. The highest BCUT2D eigenvalue weighted by molar-refractivity contribution is 5.99. The zero-order valence-electron chi connectivity index (χ0n) is 16.6. The van der Waals surface area contributed by atoms with Crippen molar-refractivity contribution >= 4 is 16.8 Å². The molecule has 1 heterocycles. The van der Waals surface area contributed by atoms with Crippen LogP contribution >= 0.6 is 0 Å². The molecule has 0 saturated carbocycles. The van der Waals surface area contributed by atoms with Gasteiger partial charge in [0.25, 0.3) is 11.5 Å². The number of hydrogen-bond donors (Lipinski definition) is 2. The average Bonchev–Trinajstić information content (AvgIpc) is 2.75. The molecule has 3 rings (SSSR count). The molecule has 2 N–H and O–H groups in total. The number of hydrogen-bond acceptors (Lipinski definition) is 6. The summed E-state index contributed by atoms with van der Waals surface area (Å²) in [5.74, 6) is 1.41. The molecule has 8 nitrogen and oxygen atoms in total. The lowest BCUT2D eigenvalue weighted by atomic mass is 10.1. The summed E-state index contributed by atoms with van der Waals surface area (Å²) < 4.78 is 21.1. The Morgan fingerprint density at radius 3 is 2.07 bits per heavy atom. The predicted octanol–water partition coefficient (Wildman–Crippen LogP) is 2.49. The quantitative estimate of drug-likeness (QED) is 0.634. The number of fused-ring (bicyclic) bond motifs is 1. The maximum atomic E-state index is 12.7. The molecule has 0 unspecified atom stereocenters. The van der Waals surface area contributed by atoms with Gasteiger partial charge < -0.3 is 29.2 Å². The van der Waals surface area contributed by atoms with E-state index in [0.29, 0.717) is 34.1 Å². The molecule has 1 aromatic heterocycles. The largest absolute Gasteiger partial charge is 0.496 e. The van der Waals surface area contributed by atoms with Crippen molar-refractivity contribution in [3.05, 3.63) is 57.9 Å². The second-order valence-electron chi connectivity index (χ2n) is 6.14. The molecule has 0 aliphatic heterocycles. The molecule has 0 saturated heterocycles. The standard InChI is InChI=1S/C21H22N2O6/c1-26-15-6-5-7-16(27-2)19(15)21(25)22-11-13-8-12-9-17(28-3)18(29-4)10-14(12)23-20(13)24/h5-10H,11H2,1-4H3,(H,22,25)(H,23,24). The number of methoxy groups -OCH3 is 4. The Morgan fingerprint density at radius 2 is 1.48 bits per heavy atom. The number of amides is 1. The molecule has 152 valence electrons. The first-order chi connectivity index (χ1) is 14.0. The molecular formula is C21H22N2O6. The zero-order valence-corrected chi connectivity index (χ0v) is 16.6. The third-order valence-corrected chi connectivity index (χ3v) is 4.52. The van der Waals surface area contributed by atoms with E-state index in [1.165, 1.54) is 28.4 Å². The van der Waals surface area contributed by atoms with E-state index in [-0.39, 0.29) is 17.7 Å². The summed E-state index contributed by atoms with van der Waals surface area (Å²) in [6, 6.07) is 10.2. The van der Waals surface area contributed by atoms with Crippen LogP contribution in [0, 0.1) is 0 Å². The normalized spacial score (nSPS) is 10.5. The van der Waals surface area contributed by atoms with E-state index in [9.17, 15) is 9.59 Å². The minimum atomic E-state index is -0.411. The van der Waals surface area contributed by atoms with Crippen LogP contribution in [0.2, 0.25) is 0 Å². The summed E-state index contributed by atoms with van der Waals surface area (Å²) in [4.78, 5) is 28.0. The maximum absolute atomic E-state index is 12.7. The third kappa shape index (κ3) is 3.96. The second kappa shape index (κ2) is 8.55. The van der Waals surface area contributed by atoms with Gasteiger partial charge in [-0.05, 0) is 24.3 Å². The first-order valence-corrected chi connectivity index (χ1v) is 8.79. The van der Waals surface area contributed by atoms with E-state index in [1.807, 2.05) is 0 Å². The summed E-state index contributed by atoms with van der Waals surface area (Å²) in [5.41, 5.74) is 0.958. The lowest BCUT2D eigenvalue weighted by Gasteiger charge is -2.13. The Morgan fingerprint density at radius 1 is 0.897 bits per heavy atom. The number of aromatic nitrogens is 1. The van der Waals surface area contributed by atoms with Crippen molar-refractivity contribution in [3.8, 4) is 23.0 Å². The number of nitrogens with one attached hydrogen (secondary N) is 2. The van der Waals surface area contributed by atoms with Crippen LogP contribution in [0.3, 0.4) is 0 Å². The van der Waals surface area contributed by atoms with Gasteiger partial charge in [0.15, 0.2) is 11.5 Å². The first-order valence-electron chi connectivity index (χ1n) is 8.79. The Kier molecular flexibility index (Phi) is 5.92. The van der Waals surface area contributed by atoms with E-state index in [1.54, 1.807) is 36.4 Å². The van der Waals surface area contributed by atoms with Gasteiger partial charge in [-0.1, -0.05) is 6.07 Å². The second-order valence-corrected chi connectivity index (χ2v) is 6.14. The van der Waals surface area contributed by atoms with Crippen LogP contribution < -0.4 is 29.8 Å². The number of carbonyl (C=O) groups is 1. The van der Waals surface area contributed by atoms with Gasteiger partial charge in [-0.2, -0.15) is 0 Å². The van der Waals surface area contributed by atoms with Gasteiger partial charge in [0.1, 0.15) is 17.1 Å². The van der Waals surface area contributed by atoms with Crippen LogP contribution in [0.15, 0.2) is 41.2 Å². The van der Waals surface area contributed by atoms with Crippen molar-refractivity contribution in [2.24, 2.45) is 0 Å². The van der Waals surface area contributed by atoms with Gasteiger partial charge in [0.2, 0.25) is 0 Å². The zero-order chi connectivity index (χ0) is 21.0. The van der Waals surface area contributed by atoms with Crippen LogP contribution in [-0.2, 0) is 6.54 Å². The highest BCUT2D eigenvalue weighted by Gasteiger charge is 2.18. The highest BCUT2D eigenvalue weighted by Crippen LogP contribution is 2.31. The molecule has 8 heteroatoms. The Balaban J connectivity index is 1.90. The molecule has 29 heavy (non-hydrogen) atoms. The van der Waals surface area contributed by atoms with Crippen molar-refractivity contribution in [3.63, 3.8) is 0 Å². The number of pyridine rings is 1. The summed E-state index contributed by atoms with van der Waals surface area (Å²) in [6.07, 6.45) is 0. The molecule has 0 atom stereocenters. The van der Waals surface area contributed by atoms with E-state index in [0.717, 1.165) is 5.39 Å². The number of benzene rings is 2. The molecule has 1 amide bonds. The summed E-state index contributed by atoms with van der Waals surface area (Å²) in [6.45, 7) is 0.0274. The SMILES string of the molecule is COc1cc2cc(CNC(=O)c3c(OC)cccc3OC)c(=O)[nH]c2cc1OC. The Hall–Kier alpha value is -3.68. The topological polar surface area (TPSA) is 98.9 Å². The average molecular weight is 398 g/mol. The van der Waals surface area contributed by atoms with Gasteiger partial charge in [-0.25, -0.2) is 0 Å². The third-order valence-electron chi connectivity index (χ3n) is 4.52. The monoisotopic (exact) mass is 398 g/mol. The molecule has 3 aromatic rings. The molecule has 0 bridgehead atoms. The van der Waals surface area contributed by atoms with Gasteiger partial charge in [0.05, 0.1) is 34.0 Å². The Bertz CT molecular complexity index is 1080. The van der Waals surface area contributed by atoms with E-state index in [4.69, 9.17) is 18.9 Å². The van der Waals surface area contributed by atoms with Crippen LogP contribution in [0.5, 0.6) is 23.0 Å². The summed E-state index contributed by atoms with van der Waals surface area (Å²) in [7, 11) is 6.01. The Labute approximate surface area is 167 Å². The highest BCUT2D eigenvalue weighted by atomic mass is 16.5. The smallest absolute Gasteiger partial charge is 0.259 e. The van der Waals surface area contributed by atoms with E-state index < -0.39 is 5.91 Å². The van der Waals surface area contributed by atoms with Gasteiger partial charge in [-0.15, -0.1) is 0 Å². The molecule has 0 aliphatic rings. The van der Waals surface area contributed by atoms with Crippen LogP contribution in [-0.4, -0.2) is 39.3 Å². The van der Waals surface area contributed by atoms with Crippen molar-refractivity contribution in [1.29, 1.82) is 0 Å². The van der Waals surface area contributed by atoms with Crippen LogP contribution in [0.4, 0.5) is 0 Å².